The van der Waals surface area contributed by atoms with Crippen LogP contribution in [0.2, 0.25) is 0 Å². The van der Waals surface area contributed by atoms with E-state index >= 15 is 0 Å². The Labute approximate surface area is 202 Å². The highest BCUT2D eigenvalue weighted by molar-refractivity contribution is 5.87. The number of fused-ring (bicyclic) bond motifs is 2. The average Bonchev–Trinajstić information content (AvgIpc) is 3.71. The van der Waals surface area contributed by atoms with Gasteiger partial charge in [-0.1, -0.05) is 54.6 Å². The molecule has 1 aromatic heterocycles. The molecular formula is C28H27N3O4. The molecule has 1 fully saturated rings. The Morgan fingerprint density at radius 1 is 1.03 bits per heavy atom. The summed E-state index contributed by atoms with van der Waals surface area (Å²) >= 11 is 0. The monoisotopic (exact) mass is 469 g/mol. The lowest BCUT2D eigenvalue weighted by Gasteiger charge is -2.17. The molecule has 5 rings (SSSR count). The lowest BCUT2D eigenvalue weighted by Crippen LogP contribution is -2.31. The Bertz CT molecular complexity index is 1470. The maximum Gasteiger partial charge on any atom is 0.306 e. The lowest BCUT2D eigenvalue weighted by atomic mass is 10.00. The van der Waals surface area contributed by atoms with E-state index in [9.17, 15) is 14.4 Å². The number of benzene rings is 3. The van der Waals surface area contributed by atoms with Gasteiger partial charge in [0.2, 0.25) is 0 Å². The van der Waals surface area contributed by atoms with Crippen LogP contribution in [0.5, 0.6) is 0 Å². The van der Waals surface area contributed by atoms with Gasteiger partial charge in [0.1, 0.15) is 5.82 Å². The minimum atomic E-state index is -0.497. The maximum absolute atomic E-state index is 12.9. The van der Waals surface area contributed by atoms with Crippen molar-refractivity contribution in [1.29, 1.82) is 0 Å². The van der Waals surface area contributed by atoms with E-state index in [-0.39, 0.29) is 43.0 Å². The van der Waals surface area contributed by atoms with Gasteiger partial charge < -0.3 is 10.1 Å². The normalized spacial score (nSPS) is 14.1. The Balaban J connectivity index is 1.19. The van der Waals surface area contributed by atoms with E-state index in [4.69, 9.17) is 4.74 Å². The highest BCUT2D eigenvalue weighted by atomic mass is 16.5. The number of hydrogen-bond acceptors (Lipinski definition) is 5. The van der Waals surface area contributed by atoms with Crippen molar-refractivity contribution in [2.24, 2.45) is 0 Å². The minimum Gasteiger partial charge on any atom is -0.456 e. The number of amides is 1. The molecular weight excluding hydrogens is 442 g/mol. The number of para-hydroxylation sites is 1. The first kappa shape index (κ1) is 22.8. The van der Waals surface area contributed by atoms with Gasteiger partial charge in [0.25, 0.3) is 11.5 Å². The fourth-order valence-electron chi connectivity index (χ4n) is 4.50. The summed E-state index contributed by atoms with van der Waals surface area (Å²) in [5, 5.41) is 5.66. The SMILES string of the molecule is CC(NC(=O)COC(=O)CCc1nc2ccccc2c(=O)n1C1CC1)c1cccc2ccccc12. The van der Waals surface area contributed by atoms with E-state index in [2.05, 4.69) is 10.3 Å². The average molecular weight is 470 g/mol. The molecule has 0 spiro atoms. The summed E-state index contributed by atoms with van der Waals surface area (Å²) in [4.78, 5) is 42.4. The van der Waals surface area contributed by atoms with Gasteiger partial charge in [-0.05, 0) is 48.2 Å². The van der Waals surface area contributed by atoms with E-state index in [1.165, 1.54) is 0 Å². The molecule has 0 aliphatic heterocycles. The van der Waals surface area contributed by atoms with Crippen molar-refractivity contribution < 1.29 is 14.3 Å². The van der Waals surface area contributed by atoms with Crippen LogP contribution in [-0.4, -0.2) is 28.0 Å². The van der Waals surface area contributed by atoms with Crippen LogP contribution < -0.4 is 10.9 Å². The number of rotatable bonds is 8. The van der Waals surface area contributed by atoms with Crippen molar-refractivity contribution in [1.82, 2.24) is 14.9 Å². The zero-order valence-corrected chi connectivity index (χ0v) is 19.6. The summed E-state index contributed by atoms with van der Waals surface area (Å²) < 4.78 is 6.93. The standard InChI is InChI=1S/C28H27N3O4/c1-18(21-11-6-8-19-7-2-3-9-22(19)21)29-26(32)17-35-27(33)16-15-25-30-24-12-5-4-10-23(24)28(34)31(25)20-13-14-20/h2-12,18,20H,13-17H2,1H3,(H,29,32). The second-order valence-corrected chi connectivity index (χ2v) is 8.97. The van der Waals surface area contributed by atoms with Gasteiger partial charge in [0.15, 0.2) is 6.61 Å². The topological polar surface area (TPSA) is 90.3 Å². The molecule has 1 aliphatic rings. The molecule has 1 N–H and O–H groups in total. The molecule has 1 unspecified atom stereocenters. The number of carbonyl (C=O) groups excluding carboxylic acids is 2. The highest BCUT2D eigenvalue weighted by Crippen LogP contribution is 2.35. The first-order valence-electron chi connectivity index (χ1n) is 11.9. The van der Waals surface area contributed by atoms with Crippen LogP contribution in [0.15, 0.2) is 71.5 Å². The first-order valence-corrected chi connectivity index (χ1v) is 11.9. The molecule has 4 aromatic rings. The fraction of sp³-hybridized carbons (Fsp3) is 0.286. The summed E-state index contributed by atoms with van der Waals surface area (Å²) in [6, 6.07) is 21.1. The summed E-state index contributed by atoms with van der Waals surface area (Å²) in [5.41, 5.74) is 1.56. The second-order valence-electron chi connectivity index (χ2n) is 8.97. The maximum atomic E-state index is 12.9. The molecule has 7 heteroatoms. The van der Waals surface area contributed by atoms with E-state index in [1.807, 2.05) is 61.5 Å². The zero-order valence-electron chi connectivity index (χ0n) is 19.6. The number of aryl methyl sites for hydroxylation is 1. The van der Waals surface area contributed by atoms with Crippen LogP contribution >= 0.6 is 0 Å². The molecule has 3 aromatic carbocycles. The third kappa shape index (κ3) is 4.94. The Morgan fingerprint density at radius 2 is 1.74 bits per heavy atom. The molecule has 1 amide bonds. The highest BCUT2D eigenvalue weighted by Gasteiger charge is 2.28. The summed E-state index contributed by atoms with van der Waals surface area (Å²) in [6.45, 7) is 1.55. The predicted molar refractivity (Wildman–Crippen MR) is 134 cm³/mol. The molecule has 1 saturated carbocycles. The quantitative estimate of drug-likeness (QED) is 0.390. The van der Waals surface area contributed by atoms with Crippen LogP contribution in [-0.2, 0) is 20.7 Å². The van der Waals surface area contributed by atoms with Gasteiger partial charge in [-0.15, -0.1) is 0 Å². The molecule has 7 nitrogen and oxygen atoms in total. The van der Waals surface area contributed by atoms with E-state index in [1.54, 1.807) is 16.7 Å². The summed E-state index contributed by atoms with van der Waals surface area (Å²) in [6.07, 6.45) is 2.20. The molecule has 1 aliphatic carbocycles. The third-order valence-electron chi connectivity index (χ3n) is 6.38. The van der Waals surface area contributed by atoms with Crippen molar-refractivity contribution in [2.45, 2.75) is 44.7 Å². The van der Waals surface area contributed by atoms with Gasteiger partial charge >= 0.3 is 5.97 Å². The smallest absolute Gasteiger partial charge is 0.306 e. The largest absolute Gasteiger partial charge is 0.456 e. The van der Waals surface area contributed by atoms with E-state index in [0.29, 0.717) is 16.7 Å². The fourth-order valence-corrected chi connectivity index (χ4v) is 4.50. The first-order chi connectivity index (χ1) is 17.0. The lowest BCUT2D eigenvalue weighted by molar-refractivity contribution is -0.148. The van der Waals surface area contributed by atoms with Crippen LogP contribution in [0.3, 0.4) is 0 Å². The minimum absolute atomic E-state index is 0.0453. The molecule has 35 heavy (non-hydrogen) atoms. The van der Waals surface area contributed by atoms with Gasteiger partial charge in [0.05, 0.1) is 23.4 Å². The van der Waals surface area contributed by atoms with Gasteiger partial charge in [-0.25, -0.2) is 4.98 Å². The molecule has 0 bridgehead atoms. The summed E-state index contributed by atoms with van der Waals surface area (Å²) in [5.74, 6) is -0.276. The van der Waals surface area contributed by atoms with Crippen LogP contribution in [0, 0.1) is 0 Å². The van der Waals surface area contributed by atoms with Crippen molar-refractivity contribution in [3.8, 4) is 0 Å². The molecule has 1 heterocycles. The second kappa shape index (κ2) is 9.70. The third-order valence-corrected chi connectivity index (χ3v) is 6.38. The van der Waals surface area contributed by atoms with Crippen molar-refractivity contribution in [3.05, 3.63) is 88.5 Å². The van der Waals surface area contributed by atoms with E-state index < -0.39 is 5.97 Å². The van der Waals surface area contributed by atoms with Crippen LogP contribution in [0.25, 0.3) is 21.7 Å². The van der Waals surface area contributed by atoms with Gasteiger partial charge in [0, 0.05) is 12.5 Å². The number of nitrogens with one attached hydrogen (secondary N) is 1. The summed E-state index contributed by atoms with van der Waals surface area (Å²) in [7, 11) is 0. The molecule has 178 valence electrons. The number of aromatic nitrogens is 2. The van der Waals surface area contributed by atoms with Crippen molar-refractivity contribution >= 4 is 33.6 Å². The number of esters is 1. The number of hydrogen-bond donors (Lipinski definition) is 1. The van der Waals surface area contributed by atoms with Crippen molar-refractivity contribution in [2.75, 3.05) is 6.61 Å². The van der Waals surface area contributed by atoms with Gasteiger partial charge in [-0.2, -0.15) is 0 Å². The molecule has 1 atom stereocenters. The Morgan fingerprint density at radius 3 is 2.54 bits per heavy atom. The number of nitrogens with zero attached hydrogens (tertiary/aromatic N) is 2. The zero-order chi connectivity index (χ0) is 24.4. The molecule has 0 radical (unpaired) electrons. The number of carbonyl (C=O) groups is 2. The molecule has 0 saturated heterocycles. The van der Waals surface area contributed by atoms with E-state index in [0.717, 1.165) is 29.2 Å². The number of ether oxygens (including phenoxy) is 1. The Kier molecular flexibility index (Phi) is 6.31. The van der Waals surface area contributed by atoms with Gasteiger partial charge in [-0.3, -0.25) is 19.0 Å². The van der Waals surface area contributed by atoms with Crippen LogP contribution in [0.4, 0.5) is 0 Å². The van der Waals surface area contributed by atoms with Crippen molar-refractivity contribution in [3.63, 3.8) is 0 Å². The Hall–Kier alpha value is -4.00. The predicted octanol–water partition coefficient (Wildman–Crippen LogP) is 4.24. The van der Waals surface area contributed by atoms with Crippen LogP contribution in [0.1, 0.15) is 49.7 Å².